The van der Waals surface area contributed by atoms with Crippen LogP contribution < -0.4 is 5.73 Å². The fourth-order valence-electron chi connectivity index (χ4n) is 1.03. The van der Waals surface area contributed by atoms with E-state index in [1.54, 1.807) is 6.92 Å². The quantitative estimate of drug-likeness (QED) is 0.673. The number of nitrogens with zero attached hydrogens (tertiary/aromatic N) is 1. The summed E-state index contributed by atoms with van der Waals surface area (Å²) in [6.45, 7) is 1.77. The van der Waals surface area contributed by atoms with Gasteiger partial charge in [-0.3, -0.25) is 5.10 Å². The van der Waals surface area contributed by atoms with E-state index in [9.17, 15) is 4.79 Å². The first kappa shape index (κ1) is 10.0. The molecule has 72 valence electrons. The first-order valence-corrected chi connectivity index (χ1v) is 4.11. The maximum absolute atomic E-state index is 10.6. The lowest BCUT2D eigenvalue weighted by Gasteiger charge is -2.03. The average molecular weight is 204 g/mol. The number of carbonyl (C=O) groups is 1. The van der Waals surface area contributed by atoms with Crippen LogP contribution in [0.1, 0.15) is 23.0 Å². The van der Waals surface area contributed by atoms with Crippen molar-refractivity contribution in [3.8, 4) is 0 Å². The average Bonchev–Trinajstić information content (AvgIpc) is 2.32. The van der Waals surface area contributed by atoms with Gasteiger partial charge >= 0.3 is 5.97 Å². The number of aromatic carboxylic acids is 1. The van der Waals surface area contributed by atoms with E-state index in [2.05, 4.69) is 10.2 Å². The van der Waals surface area contributed by atoms with E-state index in [1.165, 1.54) is 0 Å². The van der Waals surface area contributed by atoms with Crippen LogP contribution in [0.15, 0.2) is 0 Å². The first-order valence-electron chi connectivity index (χ1n) is 3.74. The van der Waals surface area contributed by atoms with Crippen molar-refractivity contribution in [1.82, 2.24) is 10.2 Å². The second kappa shape index (κ2) is 3.76. The number of aromatic amines is 1. The topological polar surface area (TPSA) is 92.0 Å². The fraction of sp³-hybridized carbons (Fsp3) is 0.429. The Morgan fingerprint density at radius 1 is 1.85 bits per heavy atom. The number of hydrogen-bond donors (Lipinski definition) is 3. The van der Waals surface area contributed by atoms with E-state index in [-0.39, 0.29) is 16.9 Å². The van der Waals surface area contributed by atoms with Crippen molar-refractivity contribution in [2.75, 3.05) is 0 Å². The van der Waals surface area contributed by atoms with Gasteiger partial charge in [-0.25, -0.2) is 4.79 Å². The number of hydrogen-bond acceptors (Lipinski definition) is 3. The minimum atomic E-state index is -1.10. The van der Waals surface area contributed by atoms with Gasteiger partial charge < -0.3 is 10.8 Å². The summed E-state index contributed by atoms with van der Waals surface area (Å²) in [6, 6.07) is -0.145. The smallest absolute Gasteiger partial charge is 0.356 e. The largest absolute Gasteiger partial charge is 0.476 e. The number of H-pyrrole nitrogens is 1. The predicted octanol–water partition coefficient (Wildman–Crippen LogP) is 0.651. The van der Waals surface area contributed by atoms with E-state index < -0.39 is 5.97 Å². The second-order valence-corrected chi connectivity index (χ2v) is 3.23. The molecule has 4 N–H and O–H groups in total. The third-order valence-corrected chi connectivity index (χ3v) is 1.86. The molecule has 5 nitrogen and oxygen atoms in total. The normalized spacial score (nSPS) is 12.8. The molecule has 0 aromatic carbocycles. The van der Waals surface area contributed by atoms with Crippen molar-refractivity contribution in [2.45, 2.75) is 19.4 Å². The van der Waals surface area contributed by atoms with Crippen molar-refractivity contribution in [2.24, 2.45) is 5.73 Å². The van der Waals surface area contributed by atoms with Gasteiger partial charge in [0, 0.05) is 11.6 Å². The second-order valence-electron chi connectivity index (χ2n) is 2.85. The van der Waals surface area contributed by atoms with E-state index >= 15 is 0 Å². The maximum atomic E-state index is 10.6. The van der Waals surface area contributed by atoms with Gasteiger partial charge in [0.25, 0.3) is 0 Å². The fourth-order valence-corrected chi connectivity index (χ4v) is 1.24. The lowest BCUT2D eigenvalue weighted by atomic mass is 10.1. The minimum absolute atomic E-state index is 0.0534. The summed E-state index contributed by atoms with van der Waals surface area (Å²) in [5, 5.41) is 14.9. The predicted molar refractivity (Wildman–Crippen MR) is 47.9 cm³/mol. The van der Waals surface area contributed by atoms with Crippen molar-refractivity contribution in [1.29, 1.82) is 0 Å². The van der Waals surface area contributed by atoms with Gasteiger partial charge in [-0.15, -0.1) is 0 Å². The number of nitrogens with two attached hydrogens (primary N) is 1. The lowest BCUT2D eigenvalue weighted by Crippen LogP contribution is -2.19. The zero-order valence-electron chi connectivity index (χ0n) is 7.04. The highest BCUT2D eigenvalue weighted by Crippen LogP contribution is 2.17. The highest BCUT2D eigenvalue weighted by atomic mass is 35.5. The van der Waals surface area contributed by atoms with E-state index in [0.29, 0.717) is 12.0 Å². The van der Waals surface area contributed by atoms with Crippen LogP contribution in [0.3, 0.4) is 0 Å². The standard InChI is InChI=1S/C7H10ClN3O2/c1-3(9)2-4-5(7(12)13)10-11-6(4)8/h3H,2,9H2,1H3,(H,10,11)(H,12,13). The van der Waals surface area contributed by atoms with Gasteiger partial charge in [-0.2, -0.15) is 5.10 Å². The third-order valence-electron chi connectivity index (χ3n) is 1.55. The molecule has 0 saturated carbocycles. The highest BCUT2D eigenvalue weighted by Gasteiger charge is 2.18. The summed E-state index contributed by atoms with van der Waals surface area (Å²) in [4.78, 5) is 10.6. The molecule has 1 aromatic rings. The number of aromatic nitrogens is 2. The number of carboxylic acid groups (broad SMARTS) is 1. The van der Waals surface area contributed by atoms with E-state index in [4.69, 9.17) is 22.4 Å². The van der Waals surface area contributed by atoms with Gasteiger partial charge in [0.1, 0.15) is 5.15 Å². The molecule has 0 fully saturated rings. The van der Waals surface area contributed by atoms with Gasteiger partial charge in [0.15, 0.2) is 5.69 Å². The zero-order chi connectivity index (χ0) is 10.0. The van der Waals surface area contributed by atoms with Crippen molar-refractivity contribution >= 4 is 17.6 Å². The van der Waals surface area contributed by atoms with Crippen LogP contribution in [0.25, 0.3) is 0 Å². The molecule has 1 heterocycles. The minimum Gasteiger partial charge on any atom is -0.476 e. The Morgan fingerprint density at radius 3 is 2.92 bits per heavy atom. The monoisotopic (exact) mass is 203 g/mol. The number of nitrogens with one attached hydrogen (secondary N) is 1. The van der Waals surface area contributed by atoms with Crippen LogP contribution in [0.2, 0.25) is 5.15 Å². The molecule has 1 atom stereocenters. The molecule has 13 heavy (non-hydrogen) atoms. The Balaban J connectivity index is 3.01. The highest BCUT2D eigenvalue weighted by molar-refractivity contribution is 6.30. The molecule has 0 bridgehead atoms. The SMILES string of the molecule is CC(N)Cc1c(C(=O)O)n[nH]c1Cl. The van der Waals surface area contributed by atoms with Crippen molar-refractivity contribution in [3.63, 3.8) is 0 Å². The summed E-state index contributed by atoms with van der Waals surface area (Å²) in [6.07, 6.45) is 0.400. The number of rotatable bonds is 3. The zero-order valence-corrected chi connectivity index (χ0v) is 7.80. The Morgan fingerprint density at radius 2 is 2.46 bits per heavy atom. The first-order chi connectivity index (χ1) is 6.02. The Kier molecular flexibility index (Phi) is 2.90. The molecule has 1 unspecified atom stereocenters. The molecular weight excluding hydrogens is 194 g/mol. The summed E-state index contributed by atoms with van der Waals surface area (Å²) in [5.41, 5.74) is 5.94. The van der Waals surface area contributed by atoms with Crippen molar-refractivity contribution in [3.05, 3.63) is 16.4 Å². The molecule has 6 heteroatoms. The Hall–Kier alpha value is -1.07. The molecule has 0 amide bonds. The van der Waals surface area contributed by atoms with Gasteiger partial charge in [-0.05, 0) is 13.3 Å². The summed E-state index contributed by atoms with van der Waals surface area (Å²) < 4.78 is 0. The summed E-state index contributed by atoms with van der Waals surface area (Å²) in [5.74, 6) is -1.10. The van der Waals surface area contributed by atoms with Crippen LogP contribution in [-0.2, 0) is 6.42 Å². The summed E-state index contributed by atoms with van der Waals surface area (Å²) >= 11 is 5.70. The number of halogens is 1. The van der Waals surface area contributed by atoms with Crippen LogP contribution in [0.5, 0.6) is 0 Å². The third kappa shape index (κ3) is 2.19. The molecule has 0 aliphatic rings. The molecule has 0 aliphatic carbocycles. The van der Waals surface area contributed by atoms with Gasteiger partial charge in [-0.1, -0.05) is 11.6 Å². The lowest BCUT2D eigenvalue weighted by molar-refractivity contribution is 0.0689. The maximum Gasteiger partial charge on any atom is 0.356 e. The molecule has 0 saturated heterocycles. The Bertz CT molecular complexity index is 322. The Labute approximate surface area is 79.9 Å². The molecule has 0 aliphatic heterocycles. The summed E-state index contributed by atoms with van der Waals surface area (Å²) in [7, 11) is 0. The van der Waals surface area contributed by atoms with Gasteiger partial charge in [0.2, 0.25) is 0 Å². The van der Waals surface area contributed by atoms with Gasteiger partial charge in [0.05, 0.1) is 0 Å². The molecule has 0 spiro atoms. The molecule has 0 radical (unpaired) electrons. The van der Waals surface area contributed by atoms with Crippen LogP contribution in [0, 0.1) is 0 Å². The van der Waals surface area contributed by atoms with Crippen LogP contribution >= 0.6 is 11.6 Å². The molecular formula is C7H10ClN3O2. The van der Waals surface area contributed by atoms with E-state index in [0.717, 1.165) is 0 Å². The van der Waals surface area contributed by atoms with Crippen LogP contribution in [0.4, 0.5) is 0 Å². The molecule has 1 aromatic heterocycles. The van der Waals surface area contributed by atoms with Crippen LogP contribution in [-0.4, -0.2) is 27.3 Å². The molecule has 1 rings (SSSR count). The van der Waals surface area contributed by atoms with E-state index in [1.807, 2.05) is 0 Å². The van der Waals surface area contributed by atoms with Crippen molar-refractivity contribution < 1.29 is 9.90 Å². The number of carboxylic acids is 1.